The van der Waals surface area contributed by atoms with Gasteiger partial charge in [0.25, 0.3) is 5.56 Å². The van der Waals surface area contributed by atoms with Gasteiger partial charge in [-0.05, 0) is 24.8 Å². The topological polar surface area (TPSA) is 103 Å². The largest absolute Gasteiger partial charge is 0.408 e. The molecule has 0 fully saturated rings. The van der Waals surface area contributed by atoms with Crippen molar-refractivity contribution in [3.63, 3.8) is 0 Å². The van der Waals surface area contributed by atoms with Gasteiger partial charge >= 0.3 is 6.01 Å². The van der Waals surface area contributed by atoms with Gasteiger partial charge in [-0.15, -0.1) is 16.4 Å². The molecule has 1 N–H and O–H groups in total. The summed E-state index contributed by atoms with van der Waals surface area (Å²) in [6, 6.07) is 2.01. The number of nitrogens with one attached hydrogen (secondary N) is 1. The van der Waals surface area contributed by atoms with Gasteiger partial charge in [0.05, 0.1) is 11.1 Å². The van der Waals surface area contributed by atoms with Gasteiger partial charge in [-0.1, -0.05) is 51.5 Å². The van der Waals surface area contributed by atoms with Crippen molar-refractivity contribution in [2.75, 3.05) is 11.1 Å². The van der Waals surface area contributed by atoms with Crippen LogP contribution in [0.5, 0.6) is 0 Å². The lowest BCUT2D eigenvalue weighted by atomic mass is 10.1. The van der Waals surface area contributed by atoms with Gasteiger partial charge in [0.2, 0.25) is 11.8 Å². The van der Waals surface area contributed by atoms with Crippen molar-refractivity contribution >= 4 is 45.2 Å². The molecule has 0 aliphatic carbocycles. The lowest BCUT2D eigenvalue weighted by Gasteiger charge is -2.13. The third kappa shape index (κ3) is 5.28. The maximum atomic E-state index is 13.1. The first kappa shape index (κ1) is 22.5. The number of nitrogens with zero attached hydrogens (tertiary/aromatic N) is 4. The standard InChI is InChI=1S/C20H27N5O3S2/c1-6-13-9-14-17(30-13)22-20(25(18(14)27)8-7-11(2)3)29-10-15(26)21-19-24-23-16(28-19)12(4)5/h9,11-12H,6-8,10H2,1-5H3,(H,21,24,26). The lowest BCUT2D eigenvalue weighted by molar-refractivity contribution is -0.113. The molecule has 0 radical (unpaired) electrons. The summed E-state index contributed by atoms with van der Waals surface area (Å²) in [4.78, 5) is 32.0. The van der Waals surface area contributed by atoms with Crippen LogP contribution in [-0.2, 0) is 17.8 Å². The van der Waals surface area contributed by atoms with Crippen molar-refractivity contribution in [2.24, 2.45) is 5.92 Å². The summed E-state index contributed by atoms with van der Waals surface area (Å²) in [6.45, 7) is 10.7. The SMILES string of the molecule is CCc1cc2c(=O)n(CCC(C)C)c(SCC(=O)Nc3nnc(C(C)C)o3)nc2s1. The zero-order valence-electron chi connectivity index (χ0n) is 17.9. The molecule has 0 aliphatic heterocycles. The summed E-state index contributed by atoms with van der Waals surface area (Å²) >= 11 is 2.77. The Hall–Kier alpha value is -2.20. The smallest absolute Gasteiger partial charge is 0.322 e. The highest BCUT2D eigenvalue weighted by atomic mass is 32.2. The Morgan fingerprint density at radius 2 is 2.07 bits per heavy atom. The maximum absolute atomic E-state index is 13.1. The zero-order chi connectivity index (χ0) is 21.8. The van der Waals surface area contributed by atoms with E-state index in [4.69, 9.17) is 9.40 Å². The van der Waals surface area contributed by atoms with E-state index in [9.17, 15) is 9.59 Å². The molecular weight excluding hydrogens is 422 g/mol. The normalized spacial score (nSPS) is 11.7. The minimum Gasteiger partial charge on any atom is -0.408 e. The summed E-state index contributed by atoms with van der Waals surface area (Å²) in [5.74, 6) is 0.810. The van der Waals surface area contributed by atoms with Crippen molar-refractivity contribution in [2.45, 2.75) is 65.1 Å². The highest BCUT2D eigenvalue weighted by Gasteiger charge is 2.17. The molecule has 0 atom stereocenters. The fraction of sp³-hybridized carbons (Fsp3) is 0.550. The molecule has 162 valence electrons. The first-order valence-electron chi connectivity index (χ1n) is 10.1. The van der Waals surface area contributed by atoms with E-state index in [0.717, 1.165) is 22.5 Å². The lowest BCUT2D eigenvalue weighted by Crippen LogP contribution is -2.24. The third-order valence-corrected chi connectivity index (χ3v) is 6.61. The highest BCUT2D eigenvalue weighted by Crippen LogP contribution is 2.26. The number of amides is 1. The summed E-state index contributed by atoms with van der Waals surface area (Å²) in [6.07, 6.45) is 1.72. The predicted octanol–water partition coefficient (Wildman–Crippen LogP) is 4.30. The Bertz CT molecular complexity index is 1080. The second kappa shape index (κ2) is 9.74. The van der Waals surface area contributed by atoms with Crippen molar-refractivity contribution < 1.29 is 9.21 Å². The van der Waals surface area contributed by atoms with Gasteiger partial charge in [-0.3, -0.25) is 19.5 Å². The molecule has 0 unspecified atom stereocenters. The van der Waals surface area contributed by atoms with E-state index in [-0.39, 0.29) is 29.2 Å². The van der Waals surface area contributed by atoms with Crippen LogP contribution >= 0.6 is 23.1 Å². The molecule has 3 rings (SSSR count). The first-order valence-corrected chi connectivity index (χ1v) is 11.9. The molecule has 1 amide bonds. The van der Waals surface area contributed by atoms with Crippen molar-refractivity contribution in [1.29, 1.82) is 0 Å². The zero-order valence-corrected chi connectivity index (χ0v) is 19.5. The summed E-state index contributed by atoms with van der Waals surface area (Å²) in [7, 11) is 0. The van der Waals surface area contributed by atoms with Crippen LogP contribution in [0.3, 0.4) is 0 Å². The molecule has 0 aromatic carbocycles. The van der Waals surface area contributed by atoms with Gasteiger partial charge in [-0.25, -0.2) is 4.98 Å². The number of thioether (sulfide) groups is 1. The number of thiophene rings is 1. The average molecular weight is 450 g/mol. The number of aryl methyl sites for hydroxylation is 1. The van der Waals surface area contributed by atoms with Crippen molar-refractivity contribution in [3.05, 3.63) is 27.2 Å². The van der Waals surface area contributed by atoms with E-state index < -0.39 is 0 Å². The van der Waals surface area contributed by atoms with Gasteiger partial charge in [-0.2, -0.15) is 0 Å². The fourth-order valence-corrected chi connectivity index (χ4v) is 4.55. The number of rotatable bonds is 9. The minimum absolute atomic E-state index is 0.0435. The molecule has 8 nitrogen and oxygen atoms in total. The van der Waals surface area contributed by atoms with Crippen LogP contribution in [0, 0.1) is 5.92 Å². The summed E-state index contributed by atoms with van der Waals surface area (Å²) < 4.78 is 7.11. The Morgan fingerprint density at radius 3 is 2.70 bits per heavy atom. The van der Waals surface area contributed by atoms with Gasteiger partial charge in [0.1, 0.15) is 4.83 Å². The van der Waals surface area contributed by atoms with Crippen LogP contribution in [-0.4, -0.2) is 31.4 Å². The molecule has 3 aromatic heterocycles. The highest BCUT2D eigenvalue weighted by molar-refractivity contribution is 7.99. The quantitative estimate of drug-likeness (QED) is 0.384. The van der Waals surface area contributed by atoms with Crippen LogP contribution < -0.4 is 10.9 Å². The van der Waals surface area contributed by atoms with Crippen LogP contribution in [0.25, 0.3) is 10.2 Å². The molecule has 10 heteroatoms. The third-order valence-electron chi connectivity index (χ3n) is 4.46. The molecule has 3 aromatic rings. The molecular formula is C20H27N5O3S2. The van der Waals surface area contributed by atoms with Crippen LogP contribution in [0.1, 0.15) is 57.7 Å². The molecule has 0 spiro atoms. The number of aromatic nitrogens is 4. The minimum atomic E-state index is -0.288. The molecule has 0 aliphatic rings. The Morgan fingerprint density at radius 1 is 1.30 bits per heavy atom. The van der Waals surface area contributed by atoms with Gasteiger partial charge in [0.15, 0.2) is 5.16 Å². The Kier molecular flexibility index (Phi) is 7.30. The van der Waals surface area contributed by atoms with E-state index in [0.29, 0.717) is 28.9 Å². The average Bonchev–Trinajstić information content (AvgIpc) is 3.32. The van der Waals surface area contributed by atoms with E-state index in [2.05, 4.69) is 36.3 Å². The van der Waals surface area contributed by atoms with Crippen molar-refractivity contribution in [1.82, 2.24) is 19.7 Å². The number of anilines is 1. The van der Waals surface area contributed by atoms with Gasteiger partial charge < -0.3 is 4.42 Å². The predicted molar refractivity (Wildman–Crippen MR) is 120 cm³/mol. The fourth-order valence-electron chi connectivity index (χ4n) is 2.72. The first-order chi connectivity index (χ1) is 14.3. The number of fused-ring (bicyclic) bond motifs is 1. The van der Waals surface area contributed by atoms with Gasteiger partial charge in [0, 0.05) is 17.3 Å². The second-order valence-corrected chi connectivity index (χ2v) is 9.81. The molecule has 0 bridgehead atoms. The Balaban J connectivity index is 1.79. The van der Waals surface area contributed by atoms with Crippen molar-refractivity contribution in [3.8, 4) is 0 Å². The van der Waals surface area contributed by atoms with E-state index in [1.54, 1.807) is 4.57 Å². The molecule has 0 saturated heterocycles. The van der Waals surface area contributed by atoms with Crippen LogP contribution in [0.4, 0.5) is 6.01 Å². The number of hydrogen-bond acceptors (Lipinski definition) is 8. The molecule has 3 heterocycles. The number of carbonyl (C=O) groups is 1. The second-order valence-electron chi connectivity index (χ2n) is 7.76. The van der Waals surface area contributed by atoms with E-state index in [1.807, 2.05) is 19.9 Å². The van der Waals surface area contributed by atoms with Crippen LogP contribution in [0.15, 0.2) is 20.4 Å². The van der Waals surface area contributed by atoms with E-state index >= 15 is 0 Å². The molecule has 30 heavy (non-hydrogen) atoms. The molecule has 0 saturated carbocycles. The summed E-state index contributed by atoms with van der Waals surface area (Å²) in [5, 5.41) is 11.6. The Labute approximate surface area is 183 Å². The van der Waals surface area contributed by atoms with E-state index in [1.165, 1.54) is 23.1 Å². The van der Waals surface area contributed by atoms with Crippen LogP contribution in [0.2, 0.25) is 0 Å². The maximum Gasteiger partial charge on any atom is 0.322 e. The number of carbonyl (C=O) groups excluding carboxylic acids is 1. The summed E-state index contributed by atoms with van der Waals surface area (Å²) in [5.41, 5.74) is -0.0435. The number of hydrogen-bond donors (Lipinski definition) is 1. The monoisotopic (exact) mass is 449 g/mol.